The summed E-state index contributed by atoms with van der Waals surface area (Å²) in [6, 6.07) is 0. The molecule has 0 aromatic carbocycles. The molecule has 0 bridgehead atoms. The molecule has 0 unspecified atom stereocenters. The fourth-order valence-corrected chi connectivity index (χ4v) is 0.880. The van der Waals surface area contributed by atoms with Crippen molar-refractivity contribution < 1.29 is 34.5 Å². The molecular weight excluding hydrogens is 200 g/mol. The predicted molar refractivity (Wildman–Crippen MR) is 49.0 cm³/mol. The zero-order chi connectivity index (χ0) is 7.82. The molecule has 0 radical (unpaired) electrons. The van der Waals surface area contributed by atoms with E-state index in [-0.39, 0.29) is 47.6 Å². The second kappa shape index (κ2) is 14.5. The Kier molecular flexibility index (Phi) is 22.5. The number of carbonyl (C=O) groups is 1. The molecule has 68 valence electrons. The molecule has 0 saturated carbocycles. The van der Waals surface area contributed by atoms with Crippen molar-refractivity contribution in [3.05, 3.63) is 0 Å². The van der Waals surface area contributed by atoms with Crippen LogP contribution in [0.4, 0.5) is 0 Å². The number of carboxylic acid groups (broad SMARTS) is 1. The first-order valence-corrected chi connectivity index (χ1v) is 3.99. The van der Waals surface area contributed by atoms with Gasteiger partial charge in [-0.3, -0.25) is 4.79 Å². The Morgan fingerprint density at radius 3 is 2.17 bits per heavy atom. The molecule has 0 aromatic rings. The summed E-state index contributed by atoms with van der Waals surface area (Å²) in [4.78, 5) is 10.0. The monoisotopic (exact) mass is 218 g/mol. The van der Waals surface area contributed by atoms with Crippen molar-refractivity contribution in [1.29, 1.82) is 0 Å². The summed E-state index contributed by atoms with van der Waals surface area (Å²) >= 11 is 0. The molecule has 0 rings (SSSR count). The van der Waals surface area contributed by atoms with E-state index in [1.807, 2.05) is 0 Å². The Balaban J connectivity index is -0.0000000675. The van der Waals surface area contributed by atoms with Crippen LogP contribution in [0.1, 0.15) is 48.3 Å². The minimum Gasteiger partial charge on any atom is -1.00 e. The molecule has 2 nitrogen and oxygen atoms in total. The zero-order valence-corrected chi connectivity index (χ0v) is 10.8. The number of unbranched alkanes of at least 4 members (excludes halogenated alkanes) is 4. The third kappa shape index (κ3) is 17.2. The van der Waals surface area contributed by atoms with Gasteiger partial charge in [-0.2, -0.15) is 0 Å². The summed E-state index contributed by atoms with van der Waals surface area (Å²) in [5, 5.41) is 8.27. The van der Waals surface area contributed by atoms with Crippen LogP contribution in [-0.2, 0) is 26.5 Å². The van der Waals surface area contributed by atoms with Gasteiger partial charge in [-0.05, 0) is 6.42 Å². The molecule has 0 fully saturated rings. The third-order valence-corrected chi connectivity index (χ3v) is 1.49. The molecular formula is C8H18MgO2Ti. The van der Waals surface area contributed by atoms with E-state index in [0.29, 0.717) is 6.42 Å². The van der Waals surface area contributed by atoms with Crippen molar-refractivity contribution in [2.24, 2.45) is 0 Å². The van der Waals surface area contributed by atoms with E-state index in [4.69, 9.17) is 5.11 Å². The van der Waals surface area contributed by atoms with Crippen LogP contribution in [0.2, 0.25) is 0 Å². The summed E-state index contributed by atoms with van der Waals surface area (Å²) in [5.74, 6) is -0.670. The quantitative estimate of drug-likeness (QED) is 0.548. The van der Waals surface area contributed by atoms with Crippen LogP contribution in [0.5, 0.6) is 0 Å². The molecule has 0 aliphatic heterocycles. The average molecular weight is 218 g/mol. The van der Waals surface area contributed by atoms with Gasteiger partial charge in [0.15, 0.2) is 0 Å². The molecule has 0 heterocycles. The molecule has 0 aliphatic rings. The largest absolute Gasteiger partial charge is 2.00 e. The van der Waals surface area contributed by atoms with Gasteiger partial charge in [0.25, 0.3) is 0 Å². The van der Waals surface area contributed by atoms with Crippen LogP contribution in [0.25, 0.3) is 0 Å². The maximum absolute atomic E-state index is 10.0. The van der Waals surface area contributed by atoms with Crippen molar-refractivity contribution in [1.82, 2.24) is 0 Å². The van der Waals surface area contributed by atoms with E-state index in [9.17, 15) is 4.79 Å². The Hall–Kier alpha value is 0.951. The summed E-state index contributed by atoms with van der Waals surface area (Å²) in [7, 11) is 0. The van der Waals surface area contributed by atoms with Gasteiger partial charge in [-0.1, -0.05) is 32.6 Å². The predicted octanol–water partition coefficient (Wildman–Crippen LogP) is 2.27. The number of hydrogen-bond donors (Lipinski definition) is 1. The Bertz CT molecular complexity index is 107. The fourth-order valence-electron chi connectivity index (χ4n) is 0.880. The van der Waals surface area contributed by atoms with Gasteiger partial charge in [0.1, 0.15) is 0 Å². The SMILES string of the molecule is CCCCCCCC(=O)O.[H-].[H-].[Mg+2].[Ti]. The van der Waals surface area contributed by atoms with Crippen LogP contribution in [0.15, 0.2) is 0 Å². The van der Waals surface area contributed by atoms with Gasteiger partial charge in [0.2, 0.25) is 0 Å². The third-order valence-electron chi connectivity index (χ3n) is 1.49. The Morgan fingerprint density at radius 2 is 1.75 bits per heavy atom. The van der Waals surface area contributed by atoms with Gasteiger partial charge < -0.3 is 7.96 Å². The number of rotatable bonds is 6. The molecule has 0 aromatic heterocycles. The smallest absolute Gasteiger partial charge is 1.00 e. The second-order valence-corrected chi connectivity index (χ2v) is 2.56. The van der Waals surface area contributed by atoms with Crippen molar-refractivity contribution in [2.75, 3.05) is 0 Å². The maximum Gasteiger partial charge on any atom is 2.00 e. The first kappa shape index (κ1) is 18.7. The molecule has 0 amide bonds. The standard InChI is InChI=1S/C8H16O2.Mg.Ti.2H/c1-2-3-4-5-6-7-8(9)10;;;;/h2-7H2,1H3,(H,9,10);;;;/q;+2;;2*-1. The van der Waals surface area contributed by atoms with E-state index >= 15 is 0 Å². The summed E-state index contributed by atoms with van der Waals surface area (Å²) in [6.07, 6.45) is 5.88. The average Bonchev–Trinajstić information content (AvgIpc) is 1.87. The first-order chi connectivity index (χ1) is 4.77. The number of aliphatic carboxylic acids is 1. The van der Waals surface area contributed by atoms with Crippen LogP contribution in [0, 0.1) is 0 Å². The molecule has 1 N–H and O–H groups in total. The van der Waals surface area contributed by atoms with Crippen molar-refractivity contribution in [3.63, 3.8) is 0 Å². The molecule has 0 aliphatic carbocycles. The fraction of sp³-hybridized carbons (Fsp3) is 0.875. The normalized spacial score (nSPS) is 8.08. The van der Waals surface area contributed by atoms with Crippen LogP contribution in [0.3, 0.4) is 0 Å². The first-order valence-electron chi connectivity index (χ1n) is 3.99. The topological polar surface area (TPSA) is 37.3 Å². The molecule has 12 heavy (non-hydrogen) atoms. The van der Waals surface area contributed by atoms with Crippen LogP contribution in [-0.4, -0.2) is 34.1 Å². The minimum absolute atomic E-state index is 0. The maximum atomic E-state index is 10.0. The Morgan fingerprint density at radius 1 is 1.25 bits per heavy atom. The van der Waals surface area contributed by atoms with E-state index in [0.717, 1.165) is 12.8 Å². The van der Waals surface area contributed by atoms with E-state index in [1.54, 1.807) is 0 Å². The Labute approximate surface area is 108 Å². The van der Waals surface area contributed by atoms with Gasteiger partial charge in [-0.25, -0.2) is 0 Å². The van der Waals surface area contributed by atoms with Crippen molar-refractivity contribution >= 4 is 29.0 Å². The second-order valence-electron chi connectivity index (χ2n) is 2.56. The molecule has 4 heteroatoms. The summed E-state index contributed by atoms with van der Waals surface area (Å²) in [6.45, 7) is 2.15. The molecule has 0 atom stereocenters. The zero-order valence-electron chi connectivity index (χ0n) is 9.81. The van der Waals surface area contributed by atoms with Crippen LogP contribution < -0.4 is 0 Å². The van der Waals surface area contributed by atoms with Crippen molar-refractivity contribution in [2.45, 2.75) is 45.4 Å². The summed E-state index contributed by atoms with van der Waals surface area (Å²) < 4.78 is 0. The van der Waals surface area contributed by atoms with Crippen molar-refractivity contribution in [3.8, 4) is 0 Å². The van der Waals surface area contributed by atoms with Crippen LogP contribution >= 0.6 is 0 Å². The molecule has 0 spiro atoms. The molecule has 0 saturated heterocycles. The number of carboxylic acids is 1. The number of hydrogen-bond acceptors (Lipinski definition) is 1. The van der Waals surface area contributed by atoms with E-state index in [2.05, 4.69) is 6.92 Å². The van der Waals surface area contributed by atoms with E-state index < -0.39 is 5.97 Å². The van der Waals surface area contributed by atoms with E-state index in [1.165, 1.54) is 19.3 Å². The minimum atomic E-state index is -0.670. The van der Waals surface area contributed by atoms with Gasteiger partial charge >= 0.3 is 29.0 Å². The van der Waals surface area contributed by atoms with Gasteiger partial charge in [-0.15, -0.1) is 0 Å². The summed E-state index contributed by atoms with van der Waals surface area (Å²) in [5.41, 5.74) is 0. The van der Waals surface area contributed by atoms with Gasteiger partial charge in [0.05, 0.1) is 0 Å². The van der Waals surface area contributed by atoms with Gasteiger partial charge in [0, 0.05) is 28.1 Å².